The first-order valence-electron chi connectivity index (χ1n) is 6.59. The molecule has 21 heavy (non-hydrogen) atoms. The highest BCUT2D eigenvalue weighted by Gasteiger charge is 2.16. The monoisotopic (exact) mass is 436 g/mol. The van der Waals surface area contributed by atoms with Crippen molar-refractivity contribution in [1.29, 1.82) is 0 Å². The molecule has 4 nitrogen and oxygen atoms in total. The Hall–Kier alpha value is -0.640. The molecule has 0 aliphatic heterocycles. The Morgan fingerprint density at radius 3 is 2.52 bits per heavy atom. The van der Waals surface area contributed by atoms with Gasteiger partial charge in [-0.2, -0.15) is 0 Å². The maximum Gasteiger partial charge on any atom is 0.271 e. The number of benzene rings is 1. The van der Waals surface area contributed by atoms with Crippen LogP contribution in [0.3, 0.4) is 0 Å². The smallest absolute Gasteiger partial charge is 0.271 e. The predicted octanol–water partition coefficient (Wildman–Crippen LogP) is 3.31. The minimum absolute atomic E-state index is 0.354. The molecule has 1 heterocycles. The molecule has 1 aromatic carbocycles. The lowest BCUT2D eigenvalue weighted by Crippen LogP contribution is -2.15. The number of halogens is 1. The summed E-state index contributed by atoms with van der Waals surface area (Å²) >= 11 is 3.50. The topological polar surface area (TPSA) is 58.2 Å². The number of rotatable bonds is 7. The number of anilines is 1. The molecule has 0 radical (unpaired) electrons. The zero-order chi connectivity index (χ0) is 15.3. The lowest BCUT2D eigenvalue weighted by molar-refractivity contribution is 0.603. The van der Waals surface area contributed by atoms with Gasteiger partial charge in [0.05, 0.1) is 0 Å². The number of likely N-dealkylation sites (N-methyl/N-ethyl adjacent to an activating group) is 1. The van der Waals surface area contributed by atoms with Crippen molar-refractivity contribution in [3.63, 3.8) is 0 Å². The molecule has 0 unspecified atom stereocenters. The van der Waals surface area contributed by atoms with E-state index < -0.39 is 10.0 Å². The first kappa shape index (κ1) is 16.7. The molecule has 0 saturated carbocycles. The quantitative estimate of drug-likeness (QED) is 0.518. The van der Waals surface area contributed by atoms with E-state index in [9.17, 15) is 8.42 Å². The van der Waals surface area contributed by atoms with Crippen molar-refractivity contribution in [2.45, 2.75) is 17.6 Å². The normalized spacial score (nSPS) is 11.5. The van der Waals surface area contributed by atoms with Gasteiger partial charge in [-0.15, -0.1) is 11.3 Å². The highest BCUT2D eigenvalue weighted by Crippen LogP contribution is 2.24. The van der Waals surface area contributed by atoms with Crippen molar-refractivity contribution in [3.05, 3.63) is 44.8 Å². The van der Waals surface area contributed by atoms with Gasteiger partial charge in [0.25, 0.3) is 10.0 Å². The number of hydrogen-bond donors (Lipinski definition) is 2. The van der Waals surface area contributed by atoms with E-state index >= 15 is 0 Å². The van der Waals surface area contributed by atoms with Gasteiger partial charge in [0.15, 0.2) is 0 Å². The number of hydrogen-bond acceptors (Lipinski definition) is 4. The molecule has 0 atom stereocenters. The SMILES string of the molecule is CCNCCc1ccc(S(=O)(=O)Nc2ccc(I)cc2)s1. The van der Waals surface area contributed by atoms with E-state index in [1.165, 1.54) is 11.3 Å². The van der Waals surface area contributed by atoms with Gasteiger partial charge in [-0.05, 0) is 78.5 Å². The van der Waals surface area contributed by atoms with E-state index in [-0.39, 0.29) is 0 Å². The van der Waals surface area contributed by atoms with Gasteiger partial charge in [0, 0.05) is 14.1 Å². The summed E-state index contributed by atoms with van der Waals surface area (Å²) in [6.45, 7) is 3.83. The van der Waals surface area contributed by atoms with Crippen LogP contribution >= 0.6 is 33.9 Å². The summed E-state index contributed by atoms with van der Waals surface area (Å²) in [5.74, 6) is 0. The van der Waals surface area contributed by atoms with Gasteiger partial charge < -0.3 is 5.32 Å². The number of sulfonamides is 1. The van der Waals surface area contributed by atoms with E-state index in [4.69, 9.17) is 0 Å². The zero-order valence-electron chi connectivity index (χ0n) is 11.6. The summed E-state index contributed by atoms with van der Waals surface area (Å²) in [7, 11) is -3.49. The first-order chi connectivity index (χ1) is 10.0. The van der Waals surface area contributed by atoms with E-state index in [1.54, 1.807) is 18.2 Å². The van der Waals surface area contributed by atoms with Crippen molar-refractivity contribution >= 4 is 49.6 Å². The Bertz CT molecular complexity index is 681. The highest BCUT2D eigenvalue weighted by atomic mass is 127. The molecule has 0 aliphatic carbocycles. The maximum atomic E-state index is 12.3. The molecule has 0 aliphatic rings. The van der Waals surface area contributed by atoms with Crippen molar-refractivity contribution in [1.82, 2.24) is 5.32 Å². The van der Waals surface area contributed by atoms with Crippen LogP contribution in [0.4, 0.5) is 5.69 Å². The summed E-state index contributed by atoms with van der Waals surface area (Å²) in [4.78, 5) is 1.07. The summed E-state index contributed by atoms with van der Waals surface area (Å²) < 4.78 is 28.7. The second-order valence-corrected chi connectivity index (χ2v) is 8.76. The van der Waals surface area contributed by atoms with Crippen LogP contribution in [0.2, 0.25) is 0 Å². The lowest BCUT2D eigenvalue weighted by Gasteiger charge is -2.06. The van der Waals surface area contributed by atoms with E-state index in [1.807, 2.05) is 18.2 Å². The molecule has 114 valence electrons. The lowest BCUT2D eigenvalue weighted by atomic mass is 10.3. The molecule has 2 rings (SSSR count). The highest BCUT2D eigenvalue weighted by molar-refractivity contribution is 14.1. The summed E-state index contributed by atoms with van der Waals surface area (Å²) in [5.41, 5.74) is 0.581. The minimum Gasteiger partial charge on any atom is -0.317 e. The van der Waals surface area contributed by atoms with Crippen LogP contribution in [0, 0.1) is 3.57 Å². The standard InChI is InChI=1S/C14H17IN2O2S2/c1-2-16-10-9-13-7-8-14(20-13)21(18,19)17-12-5-3-11(15)4-6-12/h3-8,16-17H,2,9-10H2,1H3. The Kier molecular flexibility index (Phi) is 6.03. The predicted molar refractivity (Wildman–Crippen MR) is 96.5 cm³/mol. The van der Waals surface area contributed by atoms with E-state index in [2.05, 4.69) is 39.6 Å². The molecule has 2 N–H and O–H groups in total. The van der Waals surface area contributed by atoms with Gasteiger partial charge in [-0.3, -0.25) is 4.72 Å². The molecule has 1 aromatic heterocycles. The Morgan fingerprint density at radius 2 is 1.86 bits per heavy atom. The summed E-state index contributed by atoms with van der Waals surface area (Å²) in [5, 5.41) is 3.23. The van der Waals surface area contributed by atoms with Gasteiger partial charge in [-0.25, -0.2) is 8.42 Å². The third kappa shape index (κ3) is 4.94. The molecule has 0 bridgehead atoms. The molecule has 0 spiro atoms. The Labute approximate surface area is 143 Å². The fraction of sp³-hybridized carbons (Fsp3) is 0.286. The van der Waals surface area contributed by atoms with Gasteiger partial charge in [-0.1, -0.05) is 6.92 Å². The molecular weight excluding hydrogens is 419 g/mol. The van der Waals surface area contributed by atoms with E-state index in [0.29, 0.717) is 9.90 Å². The molecule has 0 saturated heterocycles. The van der Waals surface area contributed by atoms with Gasteiger partial charge in [0.2, 0.25) is 0 Å². The van der Waals surface area contributed by atoms with Crippen molar-refractivity contribution in [2.75, 3.05) is 17.8 Å². The minimum atomic E-state index is -3.49. The molecule has 2 aromatic rings. The molecular formula is C14H17IN2O2S2. The van der Waals surface area contributed by atoms with Crippen LogP contribution in [-0.4, -0.2) is 21.5 Å². The van der Waals surface area contributed by atoms with Crippen LogP contribution < -0.4 is 10.0 Å². The zero-order valence-corrected chi connectivity index (χ0v) is 15.4. The van der Waals surface area contributed by atoms with Gasteiger partial charge >= 0.3 is 0 Å². The molecule has 0 fully saturated rings. The summed E-state index contributed by atoms with van der Waals surface area (Å²) in [6.07, 6.45) is 0.845. The average molecular weight is 436 g/mol. The fourth-order valence-corrected chi connectivity index (χ4v) is 4.52. The van der Waals surface area contributed by atoms with Crippen LogP contribution in [-0.2, 0) is 16.4 Å². The Morgan fingerprint density at radius 1 is 1.14 bits per heavy atom. The first-order valence-corrected chi connectivity index (χ1v) is 9.97. The van der Waals surface area contributed by atoms with Crippen LogP contribution in [0.15, 0.2) is 40.6 Å². The third-order valence-electron chi connectivity index (χ3n) is 2.80. The number of thiophene rings is 1. The van der Waals surface area contributed by atoms with Crippen LogP contribution in [0.5, 0.6) is 0 Å². The molecule has 7 heteroatoms. The summed E-state index contributed by atoms with van der Waals surface area (Å²) in [6, 6.07) is 10.8. The van der Waals surface area contributed by atoms with E-state index in [0.717, 1.165) is 28.0 Å². The van der Waals surface area contributed by atoms with Crippen LogP contribution in [0.25, 0.3) is 0 Å². The second kappa shape index (κ2) is 7.57. The van der Waals surface area contributed by atoms with Crippen molar-refractivity contribution in [3.8, 4) is 0 Å². The number of nitrogens with one attached hydrogen (secondary N) is 2. The average Bonchev–Trinajstić information content (AvgIpc) is 2.91. The third-order valence-corrected chi connectivity index (χ3v) is 6.53. The van der Waals surface area contributed by atoms with Crippen LogP contribution in [0.1, 0.15) is 11.8 Å². The largest absolute Gasteiger partial charge is 0.317 e. The fourth-order valence-electron chi connectivity index (χ4n) is 1.75. The molecule has 0 amide bonds. The maximum absolute atomic E-state index is 12.3. The van der Waals surface area contributed by atoms with Gasteiger partial charge in [0.1, 0.15) is 4.21 Å². The van der Waals surface area contributed by atoms with Crippen molar-refractivity contribution in [2.24, 2.45) is 0 Å². The Balaban J connectivity index is 2.07. The second-order valence-electron chi connectivity index (χ2n) is 4.44. The van der Waals surface area contributed by atoms with Crippen molar-refractivity contribution < 1.29 is 8.42 Å².